The van der Waals surface area contributed by atoms with Crippen LogP contribution in [0.3, 0.4) is 0 Å². The summed E-state index contributed by atoms with van der Waals surface area (Å²) in [5, 5.41) is 1.36. The summed E-state index contributed by atoms with van der Waals surface area (Å²) in [7, 11) is 0. The molecule has 21 heavy (non-hydrogen) atoms. The number of benzene rings is 2. The SMILES string of the molecule is CC(Cl)c1nc2cc(Cl)c(Cl)cc2n1-c1ccc(Cl)cc1. The van der Waals surface area contributed by atoms with Crippen LogP contribution in [0.25, 0.3) is 16.7 Å². The van der Waals surface area contributed by atoms with E-state index in [9.17, 15) is 0 Å². The third kappa shape index (κ3) is 2.74. The van der Waals surface area contributed by atoms with E-state index in [1.54, 1.807) is 12.1 Å². The predicted molar refractivity (Wildman–Crippen MR) is 90.4 cm³/mol. The van der Waals surface area contributed by atoms with Crippen LogP contribution in [-0.4, -0.2) is 9.55 Å². The van der Waals surface area contributed by atoms with Gasteiger partial charge in [-0.3, -0.25) is 4.57 Å². The highest BCUT2D eigenvalue weighted by molar-refractivity contribution is 6.42. The van der Waals surface area contributed by atoms with E-state index in [1.165, 1.54) is 0 Å². The molecule has 0 N–H and O–H groups in total. The zero-order valence-corrected chi connectivity index (χ0v) is 14.0. The van der Waals surface area contributed by atoms with Gasteiger partial charge in [0.15, 0.2) is 0 Å². The average Bonchev–Trinajstić information content (AvgIpc) is 2.79. The second-order valence-electron chi connectivity index (χ2n) is 4.65. The summed E-state index contributed by atoms with van der Waals surface area (Å²) in [4.78, 5) is 4.57. The zero-order chi connectivity index (χ0) is 15.1. The van der Waals surface area contributed by atoms with Gasteiger partial charge in [0.25, 0.3) is 0 Å². The number of fused-ring (bicyclic) bond motifs is 1. The fourth-order valence-corrected chi connectivity index (χ4v) is 2.81. The van der Waals surface area contributed by atoms with Crippen LogP contribution in [0.1, 0.15) is 18.1 Å². The maximum atomic E-state index is 6.27. The number of rotatable bonds is 2. The van der Waals surface area contributed by atoms with Gasteiger partial charge in [-0.2, -0.15) is 0 Å². The van der Waals surface area contributed by atoms with Gasteiger partial charge in [-0.1, -0.05) is 34.8 Å². The van der Waals surface area contributed by atoms with E-state index in [1.807, 2.05) is 35.8 Å². The fourth-order valence-electron chi connectivity index (χ4n) is 2.22. The maximum absolute atomic E-state index is 6.27. The minimum atomic E-state index is -0.259. The van der Waals surface area contributed by atoms with Crippen molar-refractivity contribution in [1.29, 1.82) is 0 Å². The second-order valence-corrected chi connectivity index (χ2v) is 6.56. The number of alkyl halides is 1. The maximum Gasteiger partial charge on any atom is 0.132 e. The summed E-state index contributed by atoms with van der Waals surface area (Å²) in [5.74, 6) is 0.729. The Morgan fingerprint density at radius 3 is 2.24 bits per heavy atom. The van der Waals surface area contributed by atoms with Crippen molar-refractivity contribution in [3.05, 3.63) is 57.3 Å². The molecule has 2 aromatic carbocycles. The fraction of sp³-hybridized carbons (Fsp3) is 0.133. The molecule has 0 aliphatic heterocycles. The molecule has 0 spiro atoms. The lowest BCUT2D eigenvalue weighted by molar-refractivity contribution is 0.882. The minimum Gasteiger partial charge on any atom is -0.295 e. The van der Waals surface area contributed by atoms with Gasteiger partial charge >= 0.3 is 0 Å². The molecule has 3 aromatic rings. The van der Waals surface area contributed by atoms with Crippen LogP contribution < -0.4 is 0 Å². The number of hydrogen-bond acceptors (Lipinski definition) is 1. The molecule has 1 atom stereocenters. The summed E-state index contributed by atoms with van der Waals surface area (Å²) in [5.41, 5.74) is 2.53. The zero-order valence-electron chi connectivity index (χ0n) is 10.9. The van der Waals surface area contributed by atoms with E-state index in [0.29, 0.717) is 15.1 Å². The third-order valence-corrected chi connectivity index (χ3v) is 4.33. The first-order valence-corrected chi connectivity index (χ1v) is 7.82. The van der Waals surface area contributed by atoms with Gasteiger partial charge in [0.2, 0.25) is 0 Å². The van der Waals surface area contributed by atoms with Gasteiger partial charge in [0.05, 0.1) is 26.5 Å². The lowest BCUT2D eigenvalue weighted by atomic mass is 10.2. The molecule has 1 unspecified atom stereocenters. The molecular formula is C15H10Cl4N2. The Labute approximate surface area is 142 Å². The van der Waals surface area contributed by atoms with Crippen LogP contribution in [0.4, 0.5) is 0 Å². The Morgan fingerprint density at radius 2 is 1.62 bits per heavy atom. The summed E-state index contributed by atoms with van der Waals surface area (Å²) in [6, 6.07) is 11.0. The van der Waals surface area contributed by atoms with Gasteiger partial charge in [-0.05, 0) is 43.3 Å². The molecule has 0 fully saturated rings. The van der Waals surface area contributed by atoms with Crippen molar-refractivity contribution in [3.8, 4) is 5.69 Å². The Kier molecular flexibility index (Phi) is 4.06. The number of hydrogen-bond donors (Lipinski definition) is 0. The van der Waals surface area contributed by atoms with E-state index in [-0.39, 0.29) is 5.38 Å². The predicted octanol–water partition coefficient (Wildman–Crippen LogP) is 6.29. The molecule has 1 aromatic heterocycles. The largest absolute Gasteiger partial charge is 0.295 e. The summed E-state index contributed by atoms with van der Waals surface area (Å²) in [6.07, 6.45) is 0. The van der Waals surface area contributed by atoms with Crippen molar-refractivity contribution in [2.75, 3.05) is 0 Å². The quantitative estimate of drug-likeness (QED) is 0.492. The van der Waals surface area contributed by atoms with Crippen LogP contribution in [0.2, 0.25) is 15.1 Å². The van der Waals surface area contributed by atoms with Gasteiger partial charge in [0, 0.05) is 10.7 Å². The number of nitrogens with zero attached hydrogens (tertiary/aromatic N) is 2. The first kappa shape index (κ1) is 15.0. The van der Waals surface area contributed by atoms with Gasteiger partial charge in [-0.15, -0.1) is 11.6 Å². The number of imidazole rings is 1. The van der Waals surface area contributed by atoms with Crippen molar-refractivity contribution >= 4 is 57.4 Å². The van der Waals surface area contributed by atoms with Crippen molar-refractivity contribution in [3.63, 3.8) is 0 Å². The van der Waals surface area contributed by atoms with Crippen molar-refractivity contribution in [2.45, 2.75) is 12.3 Å². The monoisotopic (exact) mass is 358 g/mol. The molecule has 0 radical (unpaired) electrons. The van der Waals surface area contributed by atoms with Crippen LogP contribution in [0.15, 0.2) is 36.4 Å². The Morgan fingerprint density at radius 1 is 1.00 bits per heavy atom. The van der Waals surface area contributed by atoms with Crippen LogP contribution >= 0.6 is 46.4 Å². The Bertz CT molecular complexity index is 807. The van der Waals surface area contributed by atoms with Gasteiger partial charge in [-0.25, -0.2) is 4.98 Å². The molecule has 0 aliphatic rings. The summed E-state index contributed by atoms with van der Waals surface area (Å²) in [6.45, 7) is 1.87. The van der Waals surface area contributed by atoms with E-state index in [4.69, 9.17) is 46.4 Å². The van der Waals surface area contributed by atoms with Gasteiger partial charge in [0.1, 0.15) is 5.82 Å². The van der Waals surface area contributed by atoms with E-state index >= 15 is 0 Å². The lowest BCUT2D eigenvalue weighted by Crippen LogP contribution is -2.01. The van der Waals surface area contributed by atoms with E-state index in [2.05, 4.69) is 4.98 Å². The molecule has 0 saturated carbocycles. The first-order chi connectivity index (χ1) is 9.97. The summed E-state index contributed by atoms with van der Waals surface area (Å²) < 4.78 is 1.96. The highest BCUT2D eigenvalue weighted by atomic mass is 35.5. The summed E-state index contributed by atoms with van der Waals surface area (Å²) >= 11 is 24.4. The topological polar surface area (TPSA) is 17.8 Å². The lowest BCUT2D eigenvalue weighted by Gasteiger charge is -2.11. The normalized spacial score (nSPS) is 12.8. The molecule has 1 heterocycles. The van der Waals surface area contributed by atoms with Crippen molar-refractivity contribution in [2.24, 2.45) is 0 Å². The standard InChI is InChI=1S/C15H10Cl4N2/c1-8(16)15-20-13-6-11(18)12(19)7-14(13)21(15)10-4-2-9(17)3-5-10/h2-8H,1H3. The molecule has 6 heteroatoms. The molecule has 3 rings (SSSR count). The molecule has 0 amide bonds. The molecule has 0 saturated heterocycles. The minimum absolute atomic E-state index is 0.259. The second kappa shape index (κ2) is 5.69. The van der Waals surface area contributed by atoms with E-state index < -0.39 is 0 Å². The van der Waals surface area contributed by atoms with Crippen LogP contribution in [0.5, 0.6) is 0 Å². The molecule has 2 nitrogen and oxygen atoms in total. The van der Waals surface area contributed by atoms with Crippen molar-refractivity contribution < 1.29 is 0 Å². The first-order valence-electron chi connectivity index (χ1n) is 6.25. The molecule has 108 valence electrons. The Hall–Kier alpha value is -0.930. The Balaban J connectivity index is 2.35. The molecule has 0 aliphatic carbocycles. The molecular weight excluding hydrogens is 350 g/mol. The van der Waals surface area contributed by atoms with Crippen LogP contribution in [-0.2, 0) is 0 Å². The van der Waals surface area contributed by atoms with Crippen molar-refractivity contribution in [1.82, 2.24) is 9.55 Å². The van der Waals surface area contributed by atoms with E-state index in [0.717, 1.165) is 22.5 Å². The highest BCUT2D eigenvalue weighted by Crippen LogP contribution is 2.33. The van der Waals surface area contributed by atoms with Gasteiger partial charge < -0.3 is 0 Å². The average molecular weight is 360 g/mol. The number of halogens is 4. The molecule has 0 bridgehead atoms. The smallest absolute Gasteiger partial charge is 0.132 e. The highest BCUT2D eigenvalue weighted by Gasteiger charge is 2.17. The third-order valence-electron chi connectivity index (χ3n) is 3.16. The van der Waals surface area contributed by atoms with Crippen LogP contribution in [0, 0.1) is 0 Å². The number of aromatic nitrogens is 2.